The van der Waals surface area contributed by atoms with Gasteiger partial charge in [0.15, 0.2) is 5.82 Å². The minimum absolute atomic E-state index is 0.403. The van der Waals surface area contributed by atoms with Gasteiger partial charge in [-0.05, 0) is 18.6 Å². The van der Waals surface area contributed by atoms with Gasteiger partial charge in [-0.15, -0.1) is 0 Å². The molecule has 3 heterocycles. The molecular weight excluding hydrogens is 257 g/mol. The van der Waals surface area contributed by atoms with Crippen LogP contribution in [0.15, 0.2) is 30.9 Å². The van der Waals surface area contributed by atoms with E-state index in [4.69, 9.17) is 0 Å². The molecule has 1 aliphatic heterocycles. The Morgan fingerprint density at radius 2 is 1.65 bits per heavy atom. The van der Waals surface area contributed by atoms with Crippen LogP contribution in [0.25, 0.3) is 0 Å². The number of halogens is 1. The number of hydrogen-bond donors (Lipinski definition) is 0. The van der Waals surface area contributed by atoms with Crippen molar-refractivity contribution in [2.24, 2.45) is 0 Å². The van der Waals surface area contributed by atoms with Gasteiger partial charge < -0.3 is 9.80 Å². The van der Waals surface area contributed by atoms with Crippen LogP contribution < -0.4 is 9.80 Å². The van der Waals surface area contributed by atoms with Crippen LogP contribution in [0.4, 0.5) is 16.0 Å². The summed E-state index contributed by atoms with van der Waals surface area (Å²) in [7, 11) is 0. The second-order valence-corrected chi connectivity index (χ2v) is 4.84. The monoisotopic (exact) mass is 273 g/mol. The second-order valence-electron chi connectivity index (χ2n) is 4.84. The first-order valence-electron chi connectivity index (χ1n) is 6.62. The van der Waals surface area contributed by atoms with Gasteiger partial charge in [0.25, 0.3) is 0 Å². The lowest BCUT2D eigenvalue weighted by molar-refractivity contribution is 0.602. The maximum Gasteiger partial charge on any atom is 0.225 e. The molecule has 0 radical (unpaired) electrons. The minimum Gasteiger partial charge on any atom is -0.368 e. The van der Waals surface area contributed by atoms with Crippen molar-refractivity contribution in [2.75, 3.05) is 36.0 Å². The molecular formula is C14H16FN5. The number of anilines is 2. The minimum atomic E-state index is -0.403. The molecule has 6 heteroatoms. The van der Waals surface area contributed by atoms with Crippen molar-refractivity contribution in [3.8, 4) is 0 Å². The van der Waals surface area contributed by atoms with Gasteiger partial charge in [0.2, 0.25) is 5.95 Å². The highest BCUT2D eigenvalue weighted by Gasteiger charge is 2.20. The van der Waals surface area contributed by atoms with E-state index in [2.05, 4.69) is 31.7 Å². The van der Waals surface area contributed by atoms with Crippen molar-refractivity contribution in [2.45, 2.75) is 6.92 Å². The zero-order valence-corrected chi connectivity index (χ0v) is 11.3. The van der Waals surface area contributed by atoms with Crippen molar-refractivity contribution in [3.05, 3.63) is 42.2 Å². The Morgan fingerprint density at radius 1 is 1.00 bits per heavy atom. The third-order valence-electron chi connectivity index (χ3n) is 3.50. The summed E-state index contributed by atoms with van der Waals surface area (Å²) in [5, 5.41) is 0. The third kappa shape index (κ3) is 2.54. The molecule has 0 amide bonds. The summed E-state index contributed by atoms with van der Waals surface area (Å²) >= 11 is 0. The number of piperazine rings is 1. The Balaban J connectivity index is 1.68. The second kappa shape index (κ2) is 5.40. The third-order valence-corrected chi connectivity index (χ3v) is 3.50. The molecule has 1 saturated heterocycles. The lowest BCUT2D eigenvalue weighted by Crippen LogP contribution is -2.47. The molecule has 0 spiro atoms. The highest BCUT2D eigenvalue weighted by Crippen LogP contribution is 2.20. The molecule has 20 heavy (non-hydrogen) atoms. The van der Waals surface area contributed by atoms with Gasteiger partial charge in [-0.25, -0.2) is 14.4 Å². The summed E-state index contributed by atoms with van der Waals surface area (Å²) in [4.78, 5) is 16.6. The van der Waals surface area contributed by atoms with Crippen molar-refractivity contribution in [1.29, 1.82) is 0 Å². The molecule has 0 bridgehead atoms. The van der Waals surface area contributed by atoms with Crippen LogP contribution in [-0.4, -0.2) is 41.1 Å². The molecule has 0 unspecified atom stereocenters. The van der Waals surface area contributed by atoms with E-state index in [1.54, 1.807) is 0 Å². The summed E-state index contributed by atoms with van der Waals surface area (Å²) in [6, 6.07) is 2.04. The summed E-state index contributed by atoms with van der Waals surface area (Å²) in [5.74, 6) is 0.192. The van der Waals surface area contributed by atoms with Crippen molar-refractivity contribution in [3.63, 3.8) is 0 Å². The summed E-state index contributed by atoms with van der Waals surface area (Å²) in [6.45, 7) is 5.51. The molecule has 0 aromatic carbocycles. The van der Waals surface area contributed by atoms with Gasteiger partial charge in [-0.3, -0.25) is 4.98 Å². The Labute approximate surface area is 117 Å². The van der Waals surface area contributed by atoms with Crippen molar-refractivity contribution >= 4 is 11.6 Å². The van der Waals surface area contributed by atoms with E-state index < -0.39 is 5.82 Å². The normalized spacial score (nSPS) is 15.5. The van der Waals surface area contributed by atoms with Crippen LogP contribution in [0.1, 0.15) is 5.56 Å². The average Bonchev–Trinajstić information content (AvgIpc) is 2.49. The van der Waals surface area contributed by atoms with Gasteiger partial charge >= 0.3 is 0 Å². The SMILES string of the molecule is Cc1cnccc1N1CCN(c2ncc(F)cn2)CC1. The molecule has 0 saturated carbocycles. The first-order chi connectivity index (χ1) is 9.74. The van der Waals surface area contributed by atoms with Gasteiger partial charge in [-0.1, -0.05) is 0 Å². The Kier molecular flexibility index (Phi) is 3.45. The molecule has 0 atom stereocenters. The zero-order valence-electron chi connectivity index (χ0n) is 11.3. The molecule has 5 nitrogen and oxygen atoms in total. The Hall–Kier alpha value is -2.24. The Bertz CT molecular complexity index is 578. The van der Waals surface area contributed by atoms with E-state index in [0.29, 0.717) is 5.95 Å². The molecule has 1 aliphatic rings. The lowest BCUT2D eigenvalue weighted by Gasteiger charge is -2.36. The molecule has 0 aliphatic carbocycles. The van der Waals surface area contributed by atoms with Crippen LogP contribution in [0.5, 0.6) is 0 Å². The van der Waals surface area contributed by atoms with Gasteiger partial charge in [0.1, 0.15) is 0 Å². The molecule has 1 fully saturated rings. The molecule has 2 aromatic rings. The lowest BCUT2D eigenvalue weighted by atomic mass is 10.2. The predicted molar refractivity (Wildman–Crippen MR) is 75.4 cm³/mol. The topological polar surface area (TPSA) is 45.2 Å². The fourth-order valence-corrected chi connectivity index (χ4v) is 2.44. The van der Waals surface area contributed by atoms with Gasteiger partial charge in [-0.2, -0.15) is 0 Å². The van der Waals surface area contributed by atoms with Gasteiger partial charge in [0.05, 0.1) is 12.4 Å². The van der Waals surface area contributed by atoms with Crippen molar-refractivity contribution < 1.29 is 4.39 Å². The number of aryl methyl sites for hydroxylation is 1. The van der Waals surface area contributed by atoms with E-state index in [1.165, 1.54) is 23.6 Å². The van der Waals surface area contributed by atoms with Crippen LogP contribution in [0.3, 0.4) is 0 Å². The maximum absolute atomic E-state index is 12.8. The van der Waals surface area contributed by atoms with Crippen LogP contribution in [0.2, 0.25) is 0 Å². The quantitative estimate of drug-likeness (QED) is 0.832. The largest absolute Gasteiger partial charge is 0.368 e. The highest BCUT2D eigenvalue weighted by atomic mass is 19.1. The molecule has 0 N–H and O–H groups in total. The summed E-state index contributed by atoms with van der Waals surface area (Å²) < 4.78 is 12.8. The van der Waals surface area contributed by atoms with Crippen LogP contribution in [0, 0.1) is 12.7 Å². The number of nitrogens with zero attached hydrogens (tertiary/aromatic N) is 5. The van der Waals surface area contributed by atoms with E-state index in [0.717, 1.165) is 26.2 Å². The highest BCUT2D eigenvalue weighted by molar-refractivity contribution is 5.53. The number of aromatic nitrogens is 3. The smallest absolute Gasteiger partial charge is 0.225 e. The first kappa shape index (κ1) is 12.8. The summed E-state index contributed by atoms with van der Waals surface area (Å²) in [6.07, 6.45) is 6.12. The fraction of sp³-hybridized carbons (Fsp3) is 0.357. The standard InChI is InChI=1S/C14H16FN5/c1-11-8-16-3-2-13(11)19-4-6-20(7-5-19)14-17-9-12(15)10-18-14/h2-3,8-10H,4-7H2,1H3. The van der Waals surface area contributed by atoms with Crippen molar-refractivity contribution in [1.82, 2.24) is 15.0 Å². The number of hydrogen-bond acceptors (Lipinski definition) is 5. The predicted octanol–water partition coefficient (Wildman–Crippen LogP) is 1.65. The van der Waals surface area contributed by atoms with E-state index in [-0.39, 0.29) is 0 Å². The fourth-order valence-electron chi connectivity index (χ4n) is 2.44. The number of rotatable bonds is 2. The molecule has 104 valence electrons. The van der Waals surface area contributed by atoms with E-state index >= 15 is 0 Å². The van der Waals surface area contributed by atoms with E-state index in [1.807, 2.05) is 18.5 Å². The molecule has 2 aromatic heterocycles. The van der Waals surface area contributed by atoms with Crippen LogP contribution in [-0.2, 0) is 0 Å². The first-order valence-corrected chi connectivity index (χ1v) is 6.62. The Morgan fingerprint density at radius 3 is 2.30 bits per heavy atom. The zero-order chi connectivity index (χ0) is 13.9. The van der Waals surface area contributed by atoms with E-state index in [9.17, 15) is 4.39 Å². The number of pyridine rings is 1. The van der Waals surface area contributed by atoms with Crippen LogP contribution >= 0.6 is 0 Å². The summed E-state index contributed by atoms with van der Waals surface area (Å²) in [5.41, 5.74) is 2.40. The molecule has 3 rings (SSSR count). The average molecular weight is 273 g/mol. The maximum atomic E-state index is 12.8. The van der Waals surface area contributed by atoms with Gasteiger partial charge in [0, 0.05) is 44.3 Å².